The summed E-state index contributed by atoms with van der Waals surface area (Å²) >= 11 is 0. The summed E-state index contributed by atoms with van der Waals surface area (Å²) in [6, 6.07) is 1.97. The SMILES string of the molecule is Cc1cc(C)c(C)c(S(=O)(=O)NCCC(=O)N2CCC(S(=O)(=O)CC(C)C)CC2)c1C. The number of sulfone groups is 1. The summed E-state index contributed by atoms with van der Waals surface area (Å²) in [5, 5.41) is -0.395. The molecule has 2 rings (SSSR count). The number of hydrogen-bond donors (Lipinski definition) is 1. The molecule has 1 fully saturated rings. The fraction of sp³-hybridized carbons (Fsp3) is 0.682. The normalized spacial score (nSPS) is 16.2. The topological polar surface area (TPSA) is 101 Å². The molecule has 0 atom stereocenters. The van der Waals surface area contributed by atoms with Crippen molar-refractivity contribution in [2.24, 2.45) is 5.92 Å². The second-order valence-electron chi connectivity index (χ2n) is 9.04. The first-order valence-electron chi connectivity index (χ1n) is 10.8. The van der Waals surface area contributed by atoms with Crippen LogP contribution in [0.5, 0.6) is 0 Å². The van der Waals surface area contributed by atoms with Crippen LogP contribution in [0.4, 0.5) is 0 Å². The van der Waals surface area contributed by atoms with Crippen LogP contribution in [-0.4, -0.2) is 58.3 Å². The van der Waals surface area contributed by atoms with Crippen LogP contribution in [0.1, 0.15) is 55.4 Å². The maximum absolute atomic E-state index is 12.9. The number of sulfonamides is 1. The first-order chi connectivity index (χ1) is 14.3. The van der Waals surface area contributed by atoms with Crippen LogP contribution < -0.4 is 4.72 Å². The standard InChI is InChI=1S/C22H36N2O5S2/c1-15(2)14-30(26,27)20-8-11-24(12-9-20)21(25)7-10-23-31(28,29)22-18(5)16(3)13-17(4)19(22)6/h13,15,20,23H,7-12,14H2,1-6H3. The van der Waals surface area contributed by atoms with E-state index in [4.69, 9.17) is 0 Å². The lowest BCUT2D eigenvalue weighted by Gasteiger charge is -2.32. The number of carbonyl (C=O) groups is 1. The minimum absolute atomic E-state index is 0.0125. The van der Waals surface area contributed by atoms with Crippen molar-refractivity contribution in [3.63, 3.8) is 0 Å². The number of hydrogen-bond acceptors (Lipinski definition) is 5. The Hall–Kier alpha value is -1.45. The highest BCUT2D eigenvalue weighted by Gasteiger charge is 2.32. The Morgan fingerprint density at radius 1 is 1.03 bits per heavy atom. The van der Waals surface area contributed by atoms with E-state index in [1.54, 1.807) is 18.7 Å². The lowest BCUT2D eigenvalue weighted by Crippen LogP contribution is -2.44. The first kappa shape index (κ1) is 25.8. The van der Waals surface area contributed by atoms with E-state index >= 15 is 0 Å². The Bertz CT molecular complexity index is 996. The van der Waals surface area contributed by atoms with Crippen molar-refractivity contribution in [3.05, 3.63) is 28.3 Å². The predicted octanol–water partition coefficient (Wildman–Crippen LogP) is 2.65. The second kappa shape index (κ2) is 10.0. The lowest BCUT2D eigenvalue weighted by molar-refractivity contribution is -0.131. The van der Waals surface area contributed by atoms with Gasteiger partial charge in [0.2, 0.25) is 15.9 Å². The fourth-order valence-corrected chi connectivity index (χ4v) is 7.95. The average molecular weight is 473 g/mol. The summed E-state index contributed by atoms with van der Waals surface area (Å²) in [5.41, 5.74) is 3.25. The molecule has 0 unspecified atom stereocenters. The zero-order valence-electron chi connectivity index (χ0n) is 19.5. The molecule has 0 radical (unpaired) electrons. The van der Waals surface area contributed by atoms with Crippen molar-refractivity contribution in [2.45, 2.75) is 71.0 Å². The highest BCUT2D eigenvalue weighted by atomic mass is 32.2. The average Bonchev–Trinajstić information content (AvgIpc) is 2.65. The van der Waals surface area contributed by atoms with Gasteiger partial charge in [0, 0.05) is 26.1 Å². The largest absolute Gasteiger partial charge is 0.343 e. The van der Waals surface area contributed by atoms with Crippen molar-refractivity contribution >= 4 is 25.8 Å². The highest BCUT2D eigenvalue weighted by Crippen LogP contribution is 2.26. The lowest BCUT2D eigenvalue weighted by atomic mass is 10.0. The molecule has 1 aliphatic rings. The summed E-state index contributed by atoms with van der Waals surface area (Å²) in [5.74, 6) is 0.100. The molecule has 0 spiro atoms. The van der Waals surface area contributed by atoms with Gasteiger partial charge in [0.15, 0.2) is 9.84 Å². The Morgan fingerprint density at radius 2 is 1.55 bits per heavy atom. The van der Waals surface area contributed by atoms with E-state index in [1.807, 2.05) is 33.8 Å². The second-order valence-corrected chi connectivity index (χ2v) is 13.1. The van der Waals surface area contributed by atoms with Crippen molar-refractivity contribution < 1.29 is 21.6 Å². The summed E-state index contributed by atoms with van der Waals surface area (Å²) in [6.07, 6.45) is 0.923. The Kier molecular flexibility index (Phi) is 8.33. The number of rotatable bonds is 8. The Balaban J connectivity index is 1.94. The number of nitrogens with one attached hydrogen (secondary N) is 1. The van der Waals surface area contributed by atoms with Crippen LogP contribution >= 0.6 is 0 Å². The van der Waals surface area contributed by atoms with Gasteiger partial charge in [-0.05, 0) is 68.7 Å². The van der Waals surface area contributed by atoms with Gasteiger partial charge in [0.1, 0.15) is 0 Å². The molecule has 7 nitrogen and oxygen atoms in total. The first-order valence-corrected chi connectivity index (χ1v) is 14.0. The van der Waals surface area contributed by atoms with Gasteiger partial charge in [-0.1, -0.05) is 19.9 Å². The molecule has 1 aromatic carbocycles. The molecule has 0 saturated carbocycles. The molecule has 1 amide bonds. The van der Waals surface area contributed by atoms with Gasteiger partial charge in [-0.3, -0.25) is 4.79 Å². The van der Waals surface area contributed by atoms with Crippen LogP contribution in [0.3, 0.4) is 0 Å². The molecule has 1 N–H and O–H groups in total. The minimum atomic E-state index is -3.73. The smallest absolute Gasteiger partial charge is 0.241 e. The molecule has 1 aromatic rings. The molecular weight excluding hydrogens is 436 g/mol. The number of piperidine rings is 1. The number of likely N-dealkylation sites (tertiary alicyclic amines) is 1. The maximum Gasteiger partial charge on any atom is 0.241 e. The van der Waals surface area contributed by atoms with Gasteiger partial charge in [0.05, 0.1) is 15.9 Å². The molecule has 176 valence electrons. The van der Waals surface area contributed by atoms with Gasteiger partial charge in [-0.25, -0.2) is 21.6 Å². The molecule has 0 aromatic heterocycles. The van der Waals surface area contributed by atoms with E-state index in [1.165, 1.54) is 0 Å². The van der Waals surface area contributed by atoms with Crippen molar-refractivity contribution in [3.8, 4) is 0 Å². The third-order valence-electron chi connectivity index (χ3n) is 6.07. The molecule has 1 saturated heterocycles. The molecule has 0 bridgehead atoms. The van der Waals surface area contributed by atoms with E-state index in [0.717, 1.165) is 11.1 Å². The summed E-state index contributed by atoms with van der Waals surface area (Å²) in [4.78, 5) is 14.5. The molecule has 9 heteroatoms. The third kappa shape index (κ3) is 6.29. The summed E-state index contributed by atoms with van der Waals surface area (Å²) in [7, 11) is -6.88. The molecule has 0 aliphatic carbocycles. The zero-order valence-corrected chi connectivity index (χ0v) is 21.1. The van der Waals surface area contributed by atoms with Gasteiger partial charge in [-0.15, -0.1) is 0 Å². The van der Waals surface area contributed by atoms with Crippen molar-refractivity contribution in [1.82, 2.24) is 9.62 Å². The molecule has 1 heterocycles. The van der Waals surface area contributed by atoms with Crippen LogP contribution in [0, 0.1) is 33.6 Å². The molecular formula is C22H36N2O5S2. The highest BCUT2D eigenvalue weighted by molar-refractivity contribution is 7.92. The van der Waals surface area contributed by atoms with E-state index < -0.39 is 25.1 Å². The fourth-order valence-electron chi connectivity index (χ4n) is 4.17. The number of benzene rings is 1. The Morgan fingerprint density at radius 3 is 2.03 bits per heavy atom. The number of aryl methyl sites for hydroxylation is 2. The van der Waals surface area contributed by atoms with E-state index in [0.29, 0.717) is 37.1 Å². The van der Waals surface area contributed by atoms with Crippen LogP contribution in [0.2, 0.25) is 0 Å². The van der Waals surface area contributed by atoms with Gasteiger partial charge in [-0.2, -0.15) is 0 Å². The van der Waals surface area contributed by atoms with E-state index in [9.17, 15) is 21.6 Å². The summed E-state index contributed by atoms with van der Waals surface area (Å²) in [6.45, 7) is 11.9. The van der Waals surface area contributed by atoms with Crippen LogP contribution in [0.15, 0.2) is 11.0 Å². The van der Waals surface area contributed by atoms with Gasteiger partial charge < -0.3 is 4.90 Å². The summed E-state index contributed by atoms with van der Waals surface area (Å²) < 4.78 is 53.1. The quantitative estimate of drug-likeness (QED) is 0.627. The minimum Gasteiger partial charge on any atom is -0.343 e. The van der Waals surface area contributed by atoms with E-state index in [-0.39, 0.29) is 35.4 Å². The van der Waals surface area contributed by atoms with Crippen LogP contribution in [-0.2, 0) is 24.7 Å². The number of carbonyl (C=O) groups excluding carboxylic acids is 1. The monoisotopic (exact) mass is 472 g/mol. The zero-order chi connectivity index (χ0) is 23.6. The van der Waals surface area contributed by atoms with Crippen LogP contribution in [0.25, 0.3) is 0 Å². The maximum atomic E-state index is 12.9. The van der Waals surface area contributed by atoms with E-state index in [2.05, 4.69) is 4.72 Å². The molecule has 31 heavy (non-hydrogen) atoms. The predicted molar refractivity (Wildman–Crippen MR) is 123 cm³/mol. The van der Waals surface area contributed by atoms with Crippen molar-refractivity contribution in [1.29, 1.82) is 0 Å². The molecule has 1 aliphatic heterocycles. The Labute approximate surface area is 187 Å². The van der Waals surface area contributed by atoms with Gasteiger partial charge >= 0.3 is 0 Å². The van der Waals surface area contributed by atoms with Gasteiger partial charge in [0.25, 0.3) is 0 Å². The third-order valence-corrected chi connectivity index (χ3v) is 10.4. The number of nitrogens with zero attached hydrogens (tertiary/aromatic N) is 1. The van der Waals surface area contributed by atoms with Crippen molar-refractivity contribution in [2.75, 3.05) is 25.4 Å². The number of amides is 1.